The highest BCUT2D eigenvalue weighted by molar-refractivity contribution is 5.95. The molecule has 5 N–H and O–H groups in total. The molecule has 5 rings (SSSR count). The van der Waals surface area contributed by atoms with Crippen LogP contribution in [-0.4, -0.2) is 72.9 Å². The molecule has 208 valence electrons. The van der Waals surface area contributed by atoms with Crippen LogP contribution in [0.5, 0.6) is 0 Å². The van der Waals surface area contributed by atoms with Crippen LogP contribution in [0, 0.1) is 40.4 Å². The van der Waals surface area contributed by atoms with Crippen LogP contribution >= 0.6 is 0 Å². The Bertz CT molecular complexity index is 1010. The maximum atomic E-state index is 13.4. The third-order valence-electron chi connectivity index (χ3n) is 11.9. The van der Waals surface area contributed by atoms with E-state index >= 15 is 0 Å². The van der Waals surface area contributed by atoms with Gasteiger partial charge < -0.3 is 30.3 Å². The van der Waals surface area contributed by atoms with Gasteiger partial charge in [0.25, 0.3) is 0 Å². The highest BCUT2D eigenvalue weighted by Crippen LogP contribution is 2.68. The van der Waals surface area contributed by atoms with Gasteiger partial charge in [0, 0.05) is 17.3 Å². The summed E-state index contributed by atoms with van der Waals surface area (Å²) in [7, 11) is 0. The van der Waals surface area contributed by atoms with E-state index in [-0.39, 0.29) is 24.0 Å². The highest BCUT2D eigenvalue weighted by Gasteiger charge is 2.70. The van der Waals surface area contributed by atoms with Crippen LogP contribution in [0.25, 0.3) is 0 Å². The minimum atomic E-state index is -1.59. The lowest BCUT2D eigenvalue weighted by Gasteiger charge is -2.61. The number of allylic oxidation sites excluding steroid dienone is 1. The molecule has 1 heterocycles. The van der Waals surface area contributed by atoms with Gasteiger partial charge in [-0.15, -0.1) is 0 Å². The number of carbonyl (C=O) groups is 2. The molecule has 13 atom stereocenters. The van der Waals surface area contributed by atoms with Crippen molar-refractivity contribution in [1.82, 2.24) is 0 Å². The Hall–Kier alpha value is -1.32. The molecule has 8 heteroatoms. The number of aliphatic hydroxyl groups excluding tert-OH is 3. The lowest BCUT2D eigenvalue weighted by molar-refractivity contribution is -0.232. The van der Waals surface area contributed by atoms with Crippen molar-refractivity contribution in [1.29, 1.82) is 0 Å². The number of cyclic esters (lactones) is 1. The molecule has 0 bridgehead atoms. The molecular weight excluding hydrogens is 476 g/mol. The first-order chi connectivity index (χ1) is 17.1. The fourth-order valence-electron chi connectivity index (χ4n) is 9.56. The second kappa shape index (κ2) is 8.59. The van der Waals surface area contributed by atoms with Crippen LogP contribution in [0.2, 0.25) is 0 Å². The molecule has 8 nitrogen and oxygen atoms in total. The van der Waals surface area contributed by atoms with Gasteiger partial charge in [-0.25, -0.2) is 0 Å². The number of fused-ring (bicyclic) bond motifs is 5. The van der Waals surface area contributed by atoms with E-state index in [1.54, 1.807) is 19.9 Å². The topological polar surface area (TPSA) is 145 Å². The molecule has 4 fully saturated rings. The van der Waals surface area contributed by atoms with Crippen LogP contribution in [-0.2, 0) is 14.3 Å². The molecule has 3 saturated carbocycles. The molecule has 5 aliphatic rings. The predicted molar refractivity (Wildman–Crippen MR) is 134 cm³/mol. The summed E-state index contributed by atoms with van der Waals surface area (Å²) in [5.41, 5.74) is -3.65. The predicted octanol–water partition coefficient (Wildman–Crippen LogP) is 1.89. The summed E-state index contributed by atoms with van der Waals surface area (Å²) in [5.74, 6) is -2.35. The Labute approximate surface area is 219 Å². The molecule has 0 aromatic rings. The number of ether oxygens (including phenoxy) is 1. The van der Waals surface area contributed by atoms with E-state index in [0.717, 1.165) is 0 Å². The number of aliphatic hydroxyl groups is 5. The van der Waals surface area contributed by atoms with E-state index in [2.05, 4.69) is 0 Å². The minimum Gasteiger partial charge on any atom is -0.456 e. The van der Waals surface area contributed by atoms with Crippen molar-refractivity contribution in [3.8, 4) is 0 Å². The molecule has 0 aromatic heterocycles. The van der Waals surface area contributed by atoms with Gasteiger partial charge in [0.05, 0.1) is 29.8 Å². The Morgan fingerprint density at radius 2 is 1.76 bits per heavy atom. The zero-order valence-electron chi connectivity index (χ0n) is 22.7. The number of carbonyl (C=O) groups excluding carboxylic acids is 2. The lowest BCUT2D eigenvalue weighted by Crippen LogP contribution is -2.65. The minimum absolute atomic E-state index is 0.121. The molecule has 1 saturated heterocycles. The van der Waals surface area contributed by atoms with E-state index in [9.17, 15) is 35.1 Å². The summed E-state index contributed by atoms with van der Waals surface area (Å²) in [6, 6.07) is 0. The van der Waals surface area contributed by atoms with Crippen molar-refractivity contribution in [3.63, 3.8) is 0 Å². The number of rotatable bonds is 3. The van der Waals surface area contributed by atoms with Crippen LogP contribution in [0.3, 0.4) is 0 Å². The summed E-state index contributed by atoms with van der Waals surface area (Å²) in [5, 5.41) is 56.4. The van der Waals surface area contributed by atoms with Crippen molar-refractivity contribution in [2.24, 2.45) is 40.4 Å². The lowest BCUT2D eigenvalue weighted by atomic mass is 9.45. The molecule has 0 unspecified atom stereocenters. The third kappa shape index (κ3) is 3.51. The van der Waals surface area contributed by atoms with Crippen LogP contribution in [0.4, 0.5) is 0 Å². The number of ketones is 1. The molecule has 37 heavy (non-hydrogen) atoms. The van der Waals surface area contributed by atoms with Gasteiger partial charge in [-0.3, -0.25) is 9.59 Å². The molecule has 1 aliphatic heterocycles. The number of hydrogen-bond donors (Lipinski definition) is 5. The van der Waals surface area contributed by atoms with E-state index < -0.39 is 70.2 Å². The van der Waals surface area contributed by atoms with Gasteiger partial charge in [0.15, 0.2) is 11.9 Å². The summed E-state index contributed by atoms with van der Waals surface area (Å²) in [6.07, 6.45) is 0.731. The SMILES string of the molecule is CC[C@@H]1[C@@H](O)[C@H]([C@](C)(O)[C@H]2CC[C@@]3(O)C4=CC(=O)[C@@H]5C[C@@H](O)[C@@H](O)C[C@]5(C)[C@H]4CC[C@]23C)OC(=O)[C@H]1C. The third-order valence-corrected chi connectivity index (χ3v) is 11.9. The van der Waals surface area contributed by atoms with Gasteiger partial charge in [-0.05, 0) is 80.8 Å². The summed E-state index contributed by atoms with van der Waals surface area (Å²) in [6.45, 7) is 9.21. The van der Waals surface area contributed by atoms with Gasteiger partial charge in [-0.2, -0.15) is 0 Å². The van der Waals surface area contributed by atoms with Crippen LogP contribution in [0.1, 0.15) is 79.6 Å². The second-order valence-corrected chi connectivity index (χ2v) is 13.5. The van der Waals surface area contributed by atoms with E-state index in [1.807, 2.05) is 20.8 Å². The van der Waals surface area contributed by atoms with E-state index in [0.29, 0.717) is 44.1 Å². The van der Waals surface area contributed by atoms with Gasteiger partial charge in [-0.1, -0.05) is 27.7 Å². The first-order valence-corrected chi connectivity index (χ1v) is 14.1. The normalized spacial score (nSPS) is 53.4. The highest BCUT2D eigenvalue weighted by atomic mass is 16.6. The van der Waals surface area contributed by atoms with E-state index in [1.165, 1.54) is 0 Å². The Balaban J connectivity index is 1.51. The maximum Gasteiger partial charge on any atom is 0.309 e. The van der Waals surface area contributed by atoms with Crippen LogP contribution in [0.15, 0.2) is 11.6 Å². The van der Waals surface area contributed by atoms with Gasteiger partial charge in [0.2, 0.25) is 0 Å². The summed E-state index contributed by atoms with van der Waals surface area (Å²) >= 11 is 0. The fourth-order valence-corrected chi connectivity index (χ4v) is 9.56. The van der Waals surface area contributed by atoms with Crippen molar-refractivity contribution in [2.75, 3.05) is 0 Å². The molecular formula is C29H44O8. The maximum absolute atomic E-state index is 13.4. The molecule has 0 radical (unpaired) electrons. The standard InChI is InChI=1S/C29H44O8/c1-6-15-14(2)25(34)37-24(23(15)33)28(5,35)22-8-10-29(36)17-11-19(30)18-12-20(31)21(32)13-26(18,3)16(17)7-9-27(22,29)4/h11,14-16,18,20-24,31-33,35-36H,6-10,12-13H2,1-5H3/t14-,15-,16-,18-,20+,21-,22-,23+,24+,26+,27+,28+,29+/m0/s1. The number of hydrogen-bond acceptors (Lipinski definition) is 8. The molecule has 0 amide bonds. The monoisotopic (exact) mass is 520 g/mol. The quantitative estimate of drug-likeness (QED) is 0.355. The van der Waals surface area contributed by atoms with Crippen LogP contribution < -0.4 is 0 Å². The van der Waals surface area contributed by atoms with E-state index in [4.69, 9.17) is 4.74 Å². The molecule has 0 spiro atoms. The Morgan fingerprint density at radius 1 is 1.08 bits per heavy atom. The smallest absolute Gasteiger partial charge is 0.309 e. The summed E-state index contributed by atoms with van der Waals surface area (Å²) < 4.78 is 5.67. The molecule has 0 aromatic carbocycles. The largest absolute Gasteiger partial charge is 0.456 e. The average molecular weight is 521 g/mol. The Kier molecular flexibility index (Phi) is 6.33. The zero-order valence-corrected chi connectivity index (χ0v) is 22.7. The Morgan fingerprint density at radius 3 is 2.41 bits per heavy atom. The van der Waals surface area contributed by atoms with Crippen molar-refractivity contribution in [2.45, 2.75) is 115 Å². The zero-order chi connectivity index (χ0) is 27.3. The van der Waals surface area contributed by atoms with Gasteiger partial charge >= 0.3 is 5.97 Å². The average Bonchev–Trinajstić information content (AvgIpc) is 3.11. The first-order valence-electron chi connectivity index (χ1n) is 14.1. The first kappa shape index (κ1) is 27.3. The van der Waals surface area contributed by atoms with Crippen molar-refractivity contribution in [3.05, 3.63) is 11.6 Å². The number of esters is 1. The van der Waals surface area contributed by atoms with Crippen molar-refractivity contribution >= 4 is 11.8 Å². The molecule has 4 aliphatic carbocycles. The summed E-state index contributed by atoms with van der Waals surface area (Å²) in [4.78, 5) is 26.0. The fraction of sp³-hybridized carbons (Fsp3) is 0.862. The van der Waals surface area contributed by atoms with Crippen molar-refractivity contribution < 1.29 is 39.9 Å². The second-order valence-electron chi connectivity index (χ2n) is 13.5. The van der Waals surface area contributed by atoms with Gasteiger partial charge in [0.1, 0.15) is 5.60 Å².